The molecule has 0 aliphatic heterocycles. The molecule has 1 aromatic carbocycles. The Bertz CT molecular complexity index is 935. The highest BCUT2D eigenvalue weighted by Crippen LogP contribution is 2.37. The van der Waals surface area contributed by atoms with Crippen molar-refractivity contribution in [2.45, 2.75) is 12.8 Å². The number of carboxylic acids is 1. The molecule has 2 atom stereocenters. The summed E-state index contributed by atoms with van der Waals surface area (Å²) in [6.45, 7) is 0. The largest absolute Gasteiger partial charge is 0.550 e. The average molecular weight is 402 g/mol. The number of ether oxygens (including phenoxy) is 1. The molecule has 0 radical (unpaired) electrons. The predicted octanol–water partition coefficient (Wildman–Crippen LogP) is 2.61. The Kier molecular flexibility index (Phi) is 5.89. The van der Waals surface area contributed by atoms with E-state index < -0.39 is 35.5 Å². The van der Waals surface area contributed by atoms with E-state index in [1.165, 1.54) is 31.4 Å². The topological polar surface area (TPSA) is 95.5 Å². The SMILES string of the molecule is COC(=O)c1c(-c2ccc(F)cc2)csc1NC(=O)[C@H]1CC=CC[C@H]1C(=O)[O-]. The molecule has 0 bridgehead atoms. The first kappa shape index (κ1) is 19.8. The maximum atomic E-state index is 13.2. The van der Waals surface area contributed by atoms with Crippen LogP contribution in [-0.2, 0) is 14.3 Å². The van der Waals surface area contributed by atoms with Crippen molar-refractivity contribution in [1.82, 2.24) is 0 Å². The van der Waals surface area contributed by atoms with Crippen molar-refractivity contribution in [1.29, 1.82) is 0 Å². The fourth-order valence-corrected chi connectivity index (χ4v) is 4.13. The zero-order chi connectivity index (χ0) is 20.3. The molecule has 6 nitrogen and oxygen atoms in total. The van der Waals surface area contributed by atoms with Crippen LogP contribution in [-0.4, -0.2) is 25.0 Å². The number of thiophene rings is 1. The summed E-state index contributed by atoms with van der Waals surface area (Å²) in [5.41, 5.74) is 1.22. The Hall–Kier alpha value is -3.00. The molecule has 28 heavy (non-hydrogen) atoms. The van der Waals surface area contributed by atoms with Crippen LogP contribution in [0, 0.1) is 17.7 Å². The molecule has 0 spiro atoms. The molecule has 0 fully saturated rings. The first-order chi connectivity index (χ1) is 13.4. The lowest BCUT2D eigenvalue weighted by molar-refractivity contribution is -0.313. The maximum Gasteiger partial charge on any atom is 0.341 e. The Balaban J connectivity index is 1.92. The van der Waals surface area contributed by atoms with Crippen LogP contribution < -0.4 is 10.4 Å². The third-order valence-corrected chi connectivity index (χ3v) is 5.54. The molecule has 8 heteroatoms. The lowest BCUT2D eigenvalue weighted by atomic mass is 9.82. The summed E-state index contributed by atoms with van der Waals surface area (Å²) in [5, 5.41) is 15.9. The number of methoxy groups -OCH3 is 1. The van der Waals surface area contributed by atoms with E-state index in [0.717, 1.165) is 11.3 Å². The normalized spacial score (nSPS) is 18.5. The minimum atomic E-state index is -1.28. The summed E-state index contributed by atoms with van der Waals surface area (Å²) in [7, 11) is 1.22. The number of nitrogens with one attached hydrogen (secondary N) is 1. The number of anilines is 1. The number of carbonyl (C=O) groups is 3. The number of benzene rings is 1. The minimum Gasteiger partial charge on any atom is -0.550 e. The molecule has 0 unspecified atom stereocenters. The van der Waals surface area contributed by atoms with Gasteiger partial charge in [-0.2, -0.15) is 0 Å². The maximum absolute atomic E-state index is 13.2. The van der Waals surface area contributed by atoms with Gasteiger partial charge in [0.25, 0.3) is 0 Å². The van der Waals surface area contributed by atoms with Crippen molar-refractivity contribution in [2.75, 3.05) is 12.4 Å². The molecule has 1 N–H and O–H groups in total. The first-order valence-corrected chi connectivity index (χ1v) is 9.42. The standard InChI is InChI=1S/C20H18FNO5S/c1-27-20(26)16-15(11-6-8-12(21)9-7-11)10-28-18(16)22-17(23)13-4-2-3-5-14(13)19(24)25/h2-3,6-10,13-14H,4-5H2,1H3,(H,22,23)(H,24,25)/p-1/t13-,14+/m0/s1. The molecule has 1 amide bonds. The van der Waals surface area contributed by atoms with Gasteiger partial charge in [0.15, 0.2) is 0 Å². The van der Waals surface area contributed by atoms with Crippen LogP contribution in [0.2, 0.25) is 0 Å². The van der Waals surface area contributed by atoms with Gasteiger partial charge in [0.1, 0.15) is 16.4 Å². The minimum absolute atomic E-state index is 0.142. The zero-order valence-electron chi connectivity index (χ0n) is 14.9. The smallest absolute Gasteiger partial charge is 0.341 e. The second-order valence-electron chi connectivity index (χ2n) is 6.32. The average Bonchev–Trinajstić information content (AvgIpc) is 3.11. The third kappa shape index (κ3) is 3.96. The van der Waals surface area contributed by atoms with E-state index >= 15 is 0 Å². The van der Waals surface area contributed by atoms with E-state index in [1.54, 1.807) is 17.5 Å². The van der Waals surface area contributed by atoms with Crippen LogP contribution >= 0.6 is 11.3 Å². The van der Waals surface area contributed by atoms with E-state index in [2.05, 4.69) is 5.32 Å². The lowest BCUT2D eigenvalue weighted by Gasteiger charge is -2.28. The van der Waals surface area contributed by atoms with Gasteiger partial charge in [0, 0.05) is 22.8 Å². The van der Waals surface area contributed by atoms with Crippen LogP contribution in [0.15, 0.2) is 41.8 Å². The summed E-state index contributed by atoms with van der Waals surface area (Å²) in [4.78, 5) is 36.4. The molecular formula is C20H17FNO5S-. The van der Waals surface area contributed by atoms with E-state index in [1.807, 2.05) is 0 Å². The number of rotatable bonds is 5. The van der Waals surface area contributed by atoms with Crippen molar-refractivity contribution < 1.29 is 28.6 Å². The number of allylic oxidation sites excluding steroid dienone is 2. The Morgan fingerprint density at radius 1 is 1.14 bits per heavy atom. The number of carboxylic acid groups (broad SMARTS) is 1. The lowest BCUT2D eigenvalue weighted by Crippen LogP contribution is -2.41. The fraction of sp³-hybridized carbons (Fsp3) is 0.250. The highest BCUT2D eigenvalue weighted by molar-refractivity contribution is 7.15. The van der Waals surface area contributed by atoms with E-state index in [0.29, 0.717) is 11.1 Å². The zero-order valence-corrected chi connectivity index (χ0v) is 15.8. The van der Waals surface area contributed by atoms with Gasteiger partial charge < -0.3 is 20.0 Å². The summed E-state index contributed by atoms with van der Waals surface area (Å²) < 4.78 is 18.0. The van der Waals surface area contributed by atoms with E-state index in [-0.39, 0.29) is 23.4 Å². The van der Waals surface area contributed by atoms with Gasteiger partial charge in [-0.3, -0.25) is 4.79 Å². The van der Waals surface area contributed by atoms with E-state index in [4.69, 9.17) is 4.74 Å². The summed E-state index contributed by atoms with van der Waals surface area (Å²) in [6.07, 6.45) is 3.95. The highest BCUT2D eigenvalue weighted by atomic mass is 32.1. The van der Waals surface area contributed by atoms with Crippen LogP contribution in [0.3, 0.4) is 0 Å². The second kappa shape index (κ2) is 8.35. The van der Waals surface area contributed by atoms with Crippen LogP contribution in [0.5, 0.6) is 0 Å². The van der Waals surface area contributed by atoms with Gasteiger partial charge in [-0.15, -0.1) is 11.3 Å². The summed E-state index contributed by atoms with van der Waals surface area (Å²) in [6, 6.07) is 5.58. The molecule has 0 saturated carbocycles. The number of esters is 1. The van der Waals surface area contributed by atoms with Crippen molar-refractivity contribution in [3.05, 3.63) is 53.2 Å². The van der Waals surface area contributed by atoms with Gasteiger partial charge in [-0.1, -0.05) is 24.3 Å². The van der Waals surface area contributed by atoms with Gasteiger partial charge in [0.05, 0.1) is 13.0 Å². The molecule has 0 saturated heterocycles. The molecule has 3 rings (SSSR count). The van der Waals surface area contributed by atoms with Gasteiger partial charge in [-0.05, 0) is 30.5 Å². The predicted molar refractivity (Wildman–Crippen MR) is 100 cm³/mol. The first-order valence-electron chi connectivity index (χ1n) is 8.54. The molecule has 1 aromatic heterocycles. The van der Waals surface area contributed by atoms with Crippen LogP contribution in [0.4, 0.5) is 9.39 Å². The Labute approximate surface area is 164 Å². The monoisotopic (exact) mass is 402 g/mol. The summed E-state index contributed by atoms with van der Waals surface area (Å²) >= 11 is 1.11. The molecule has 1 heterocycles. The van der Waals surface area contributed by atoms with Crippen molar-refractivity contribution in [3.63, 3.8) is 0 Å². The highest BCUT2D eigenvalue weighted by Gasteiger charge is 2.31. The third-order valence-electron chi connectivity index (χ3n) is 4.64. The molecule has 146 valence electrons. The second-order valence-corrected chi connectivity index (χ2v) is 7.20. The van der Waals surface area contributed by atoms with Gasteiger partial charge >= 0.3 is 5.97 Å². The Morgan fingerprint density at radius 3 is 2.39 bits per heavy atom. The van der Waals surface area contributed by atoms with E-state index in [9.17, 15) is 23.9 Å². The van der Waals surface area contributed by atoms with Gasteiger partial charge in [0.2, 0.25) is 5.91 Å². The number of amides is 1. The number of hydrogen-bond donors (Lipinski definition) is 1. The van der Waals surface area contributed by atoms with Crippen LogP contribution in [0.1, 0.15) is 23.2 Å². The number of halogens is 1. The van der Waals surface area contributed by atoms with Gasteiger partial charge in [-0.25, -0.2) is 9.18 Å². The molecule has 1 aliphatic carbocycles. The number of carbonyl (C=O) groups excluding carboxylic acids is 3. The molecule has 2 aromatic rings. The quantitative estimate of drug-likeness (QED) is 0.613. The fourth-order valence-electron chi connectivity index (χ4n) is 3.17. The Morgan fingerprint density at radius 2 is 1.79 bits per heavy atom. The molecule has 1 aliphatic rings. The van der Waals surface area contributed by atoms with Crippen LogP contribution in [0.25, 0.3) is 11.1 Å². The number of hydrogen-bond acceptors (Lipinski definition) is 6. The van der Waals surface area contributed by atoms with Crippen molar-refractivity contribution in [3.8, 4) is 11.1 Å². The van der Waals surface area contributed by atoms with Crippen molar-refractivity contribution >= 4 is 34.2 Å². The summed E-state index contributed by atoms with van der Waals surface area (Å²) in [5.74, 6) is -4.58. The van der Waals surface area contributed by atoms with Crippen molar-refractivity contribution in [2.24, 2.45) is 11.8 Å². The number of aliphatic carboxylic acids is 1. The molecular weight excluding hydrogens is 385 g/mol.